The molecule has 0 saturated heterocycles. The van der Waals surface area contributed by atoms with E-state index >= 15 is 0 Å². The molecule has 0 aliphatic heterocycles. The Morgan fingerprint density at radius 3 is 2.08 bits per heavy atom. The summed E-state index contributed by atoms with van der Waals surface area (Å²) >= 11 is 0. The van der Waals surface area contributed by atoms with Gasteiger partial charge in [-0.2, -0.15) is 0 Å². The van der Waals surface area contributed by atoms with Crippen molar-refractivity contribution in [2.24, 2.45) is 5.73 Å². The van der Waals surface area contributed by atoms with Crippen LogP contribution in [-0.4, -0.2) is 5.91 Å². The van der Waals surface area contributed by atoms with Gasteiger partial charge in [-0.05, 0) is 17.6 Å². The standard InChI is InChI=1S/C10H15NO/c1-4-8(5-2)9(6-3)7-10(11)12/h4,6H,1,3,5,7H2,2H3,(H2,11,12)/b9-8-. The monoisotopic (exact) mass is 165 g/mol. The van der Waals surface area contributed by atoms with Gasteiger partial charge in [-0.15, -0.1) is 0 Å². The summed E-state index contributed by atoms with van der Waals surface area (Å²) in [6.07, 6.45) is 4.49. The number of nitrogens with two attached hydrogens (primary N) is 1. The van der Waals surface area contributed by atoms with Gasteiger partial charge in [0.1, 0.15) is 0 Å². The van der Waals surface area contributed by atoms with Crippen molar-refractivity contribution in [3.63, 3.8) is 0 Å². The van der Waals surface area contributed by atoms with Gasteiger partial charge in [0, 0.05) is 0 Å². The van der Waals surface area contributed by atoms with Gasteiger partial charge in [0.2, 0.25) is 5.91 Å². The Labute approximate surface area is 73.5 Å². The first-order chi connectivity index (χ1) is 5.65. The maximum Gasteiger partial charge on any atom is 0.221 e. The summed E-state index contributed by atoms with van der Waals surface area (Å²) in [6, 6.07) is 0. The molecule has 0 aromatic rings. The molecule has 2 heteroatoms. The van der Waals surface area contributed by atoms with Crippen LogP contribution in [0.25, 0.3) is 0 Å². The van der Waals surface area contributed by atoms with E-state index in [0.29, 0.717) is 0 Å². The number of amides is 1. The third kappa shape index (κ3) is 3.19. The molecule has 0 unspecified atom stereocenters. The minimum atomic E-state index is -0.335. The molecule has 2 N–H and O–H groups in total. The zero-order valence-electron chi connectivity index (χ0n) is 7.47. The van der Waals surface area contributed by atoms with Gasteiger partial charge in [-0.25, -0.2) is 0 Å². The van der Waals surface area contributed by atoms with Crippen LogP contribution >= 0.6 is 0 Å². The molecule has 1 amide bonds. The average Bonchev–Trinajstić information content (AvgIpc) is 2.04. The van der Waals surface area contributed by atoms with E-state index in [1.807, 2.05) is 6.92 Å². The highest BCUT2D eigenvalue weighted by Gasteiger charge is 2.01. The summed E-state index contributed by atoms with van der Waals surface area (Å²) in [5.41, 5.74) is 6.97. The number of allylic oxidation sites excluding steroid dienone is 3. The van der Waals surface area contributed by atoms with Crippen molar-refractivity contribution in [2.75, 3.05) is 0 Å². The number of primary amides is 1. The molecule has 0 aliphatic rings. The number of carbonyl (C=O) groups is 1. The fourth-order valence-electron chi connectivity index (χ4n) is 1.01. The largest absolute Gasteiger partial charge is 0.369 e. The second-order valence-corrected chi connectivity index (χ2v) is 2.46. The molecule has 0 rings (SSSR count). The van der Waals surface area contributed by atoms with E-state index in [0.717, 1.165) is 17.6 Å². The molecule has 0 saturated carbocycles. The molecule has 0 bridgehead atoms. The SMILES string of the molecule is C=C/C(CC)=C(\C=C)CC(N)=O. The second kappa shape index (κ2) is 5.35. The Morgan fingerprint density at radius 2 is 1.83 bits per heavy atom. The van der Waals surface area contributed by atoms with Gasteiger partial charge in [-0.1, -0.05) is 32.2 Å². The molecule has 66 valence electrons. The summed E-state index contributed by atoms with van der Waals surface area (Å²) in [6.45, 7) is 9.27. The maximum absolute atomic E-state index is 10.6. The Balaban J connectivity index is 4.68. The smallest absolute Gasteiger partial charge is 0.221 e. The van der Waals surface area contributed by atoms with Crippen molar-refractivity contribution in [1.82, 2.24) is 0 Å². The first-order valence-corrected chi connectivity index (χ1v) is 3.90. The zero-order valence-corrected chi connectivity index (χ0v) is 7.47. The van der Waals surface area contributed by atoms with Crippen LogP contribution in [0.3, 0.4) is 0 Å². The summed E-state index contributed by atoms with van der Waals surface area (Å²) in [5, 5.41) is 0. The number of rotatable bonds is 5. The Kier molecular flexibility index (Phi) is 4.77. The first kappa shape index (κ1) is 10.7. The average molecular weight is 165 g/mol. The molecular formula is C10H15NO. The van der Waals surface area contributed by atoms with Crippen LogP contribution < -0.4 is 5.73 Å². The predicted molar refractivity (Wildman–Crippen MR) is 51.5 cm³/mol. The van der Waals surface area contributed by atoms with E-state index in [9.17, 15) is 4.79 Å². The van der Waals surface area contributed by atoms with E-state index in [2.05, 4.69) is 13.2 Å². The van der Waals surface area contributed by atoms with Crippen LogP contribution in [0.15, 0.2) is 36.5 Å². The van der Waals surface area contributed by atoms with Gasteiger partial charge in [0.05, 0.1) is 6.42 Å². The van der Waals surface area contributed by atoms with Gasteiger partial charge in [0.15, 0.2) is 0 Å². The summed E-state index contributed by atoms with van der Waals surface area (Å²) in [4.78, 5) is 10.6. The lowest BCUT2D eigenvalue weighted by atomic mass is 10.0. The predicted octanol–water partition coefficient (Wildman–Crippen LogP) is 1.94. The molecule has 0 radical (unpaired) electrons. The van der Waals surface area contributed by atoms with Crippen LogP contribution in [0.5, 0.6) is 0 Å². The summed E-state index contributed by atoms with van der Waals surface area (Å²) < 4.78 is 0. The Morgan fingerprint density at radius 1 is 1.33 bits per heavy atom. The number of hydrogen-bond acceptors (Lipinski definition) is 1. The van der Waals surface area contributed by atoms with Gasteiger partial charge >= 0.3 is 0 Å². The van der Waals surface area contributed by atoms with Crippen molar-refractivity contribution in [2.45, 2.75) is 19.8 Å². The topological polar surface area (TPSA) is 43.1 Å². The lowest BCUT2D eigenvalue weighted by Crippen LogP contribution is -2.11. The van der Waals surface area contributed by atoms with E-state index in [-0.39, 0.29) is 12.3 Å². The van der Waals surface area contributed by atoms with Crippen LogP contribution in [0.4, 0.5) is 0 Å². The molecule has 0 aromatic carbocycles. The molecule has 2 nitrogen and oxygen atoms in total. The van der Waals surface area contributed by atoms with Crippen molar-refractivity contribution < 1.29 is 4.79 Å². The molecule has 12 heavy (non-hydrogen) atoms. The quantitative estimate of drug-likeness (QED) is 0.621. The summed E-state index contributed by atoms with van der Waals surface area (Å²) in [5.74, 6) is -0.335. The molecule has 0 spiro atoms. The van der Waals surface area contributed by atoms with E-state index in [4.69, 9.17) is 5.73 Å². The molecule has 0 fully saturated rings. The van der Waals surface area contributed by atoms with Crippen molar-refractivity contribution in [3.05, 3.63) is 36.5 Å². The Bertz CT molecular complexity index is 226. The van der Waals surface area contributed by atoms with Crippen LogP contribution in [0.1, 0.15) is 19.8 Å². The van der Waals surface area contributed by atoms with E-state index < -0.39 is 0 Å². The van der Waals surface area contributed by atoms with Gasteiger partial charge < -0.3 is 5.73 Å². The molecule has 0 heterocycles. The highest BCUT2D eigenvalue weighted by molar-refractivity contribution is 5.77. The minimum absolute atomic E-state index is 0.249. The zero-order chi connectivity index (χ0) is 9.56. The third-order valence-electron chi connectivity index (χ3n) is 1.65. The number of hydrogen-bond donors (Lipinski definition) is 1. The van der Waals surface area contributed by atoms with E-state index in [1.165, 1.54) is 0 Å². The maximum atomic E-state index is 10.6. The van der Waals surface area contributed by atoms with Gasteiger partial charge in [-0.3, -0.25) is 4.79 Å². The summed E-state index contributed by atoms with van der Waals surface area (Å²) in [7, 11) is 0. The molecular weight excluding hydrogens is 150 g/mol. The van der Waals surface area contributed by atoms with Crippen molar-refractivity contribution in [1.29, 1.82) is 0 Å². The lowest BCUT2D eigenvalue weighted by molar-refractivity contribution is -0.117. The van der Waals surface area contributed by atoms with Crippen LogP contribution in [0.2, 0.25) is 0 Å². The second-order valence-electron chi connectivity index (χ2n) is 2.46. The van der Waals surface area contributed by atoms with Crippen LogP contribution in [0, 0.1) is 0 Å². The van der Waals surface area contributed by atoms with Crippen LogP contribution in [-0.2, 0) is 4.79 Å². The number of carbonyl (C=O) groups excluding carboxylic acids is 1. The minimum Gasteiger partial charge on any atom is -0.369 e. The van der Waals surface area contributed by atoms with Gasteiger partial charge in [0.25, 0.3) is 0 Å². The highest BCUT2D eigenvalue weighted by atomic mass is 16.1. The third-order valence-corrected chi connectivity index (χ3v) is 1.65. The highest BCUT2D eigenvalue weighted by Crippen LogP contribution is 2.13. The fraction of sp³-hybridized carbons (Fsp3) is 0.300. The van der Waals surface area contributed by atoms with Crippen molar-refractivity contribution >= 4 is 5.91 Å². The molecule has 0 aliphatic carbocycles. The fourth-order valence-corrected chi connectivity index (χ4v) is 1.01. The first-order valence-electron chi connectivity index (χ1n) is 3.90. The normalized spacial score (nSPS) is 11.8. The Hall–Kier alpha value is -1.31. The van der Waals surface area contributed by atoms with E-state index in [1.54, 1.807) is 12.2 Å². The molecule has 0 aromatic heterocycles. The molecule has 0 atom stereocenters. The lowest BCUT2D eigenvalue weighted by Gasteiger charge is -2.03. The van der Waals surface area contributed by atoms with Crippen molar-refractivity contribution in [3.8, 4) is 0 Å².